The molecular formula is C44H30N2. The molecule has 0 spiro atoms. The van der Waals surface area contributed by atoms with Crippen molar-refractivity contribution < 1.29 is 6.85 Å². The third-order valence-electron chi connectivity index (χ3n) is 8.85. The van der Waals surface area contributed by atoms with Gasteiger partial charge in [0.2, 0.25) is 0 Å². The number of aromatic nitrogens is 1. The van der Waals surface area contributed by atoms with E-state index in [1.165, 1.54) is 16.3 Å². The highest BCUT2D eigenvalue weighted by atomic mass is 15.1. The van der Waals surface area contributed by atoms with Gasteiger partial charge in [0.25, 0.3) is 0 Å². The van der Waals surface area contributed by atoms with Crippen LogP contribution in [0.15, 0.2) is 182 Å². The minimum atomic E-state index is -0.415. The highest BCUT2D eigenvalue weighted by molar-refractivity contribution is 6.19. The number of hydrogen-bond acceptors (Lipinski definition) is 1. The highest BCUT2D eigenvalue weighted by Crippen LogP contribution is 2.42. The lowest BCUT2D eigenvalue weighted by molar-refractivity contribution is 1.18. The van der Waals surface area contributed by atoms with Gasteiger partial charge in [0, 0.05) is 38.9 Å². The molecule has 9 aromatic rings. The second-order valence-electron chi connectivity index (χ2n) is 11.4. The number of benzene rings is 8. The molecule has 0 saturated carbocycles. The predicted molar refractivity (Wildman–Crippen MR) is 196 cm³/mol. The second kappa shape index (κ2) is 10.8. The molecule has 46 heavy (non-hydrogen) atoms. The third kappa shape index (κ3) is 4.27. The lowest BCUT2D eigenvalue weighted by atomic mass is 9.98. The van der Waals surface area contributed by atoms with Gasteiger partial charge in [-0.15, -0.1) is 0 Å². The van der Waals surface area contributed by atoms with Crippen molar-refractivity contribution in [2.45, 2.75) is 0 Å². The Morgan fingerprint density at radius 3 is 1.89 bits per heavy atom. The molecule has 0 bridgehead atoms. The monoisotopic (exact) mass is 591 g/mol. The van der Waals surface area contributed by atoms with Crippen molar-refractivity contribution in [2.24, 2.45) is 0 Å². The molecule has 1 aromatic heterocycles. The van der Waals surface area contributed by atoms with E-state index in [9.17, 15) is 0 Å². The fourth-order valence-electron chi connectivity index (χ4n) is 6.78. The van der Waals surface area contributed by atoms with Crippen molar-refractivity contribution in [1.29, 1.82) is 0 Å². The van der Waals surface area contributed by atoms with Crippen LogP contribution in [0.25, 0.3) is 60.2 Å². The number of nitrogens with zero attached hydrogens (tertiary/aromatic N) is 2. The number of fused-ring (bicyclic) bond motifs is 6. The third-order valence-corrected chi connectivity index (χ3v) is 8.85. The van der Waals surface area contributed by atoms with Crippen LogP contribution < -0.4 is 4.90 Å². The Labute approximate surface area is 275 Å². The molecule has 1 heterocycles. The van der Waals surface area contributed by atoms with Gasteiger partial charge < -0.3 is 9.47 Å². The lowest BCUT2D eigenvalue weighted by Gasteiger charge is -2.26. The fraction of sp³-hybridized carbons (Fsp3) is 0. The summed E-state index contributed by atoms with van der Waals surface area (Å²) in [5.74, 6) is 0. The summed E-state index contributed by atoms with van der Waals surface area (Å²) >= 11 is 0. The molecule has 9 rings (SSSR count). The van der Waals surface area contributed by atoms with Crippen LogP contribution in [0.3, 0.4) is 0 Å². The average Bonchev–Trinajstić information content (AvgIpc) is 3.51. The van der Waals surface area contributed by atoms with Crippen molar-refractivity contribution in [1.82, 2.24) is 4.57 Å². The first-order valence-electron chi connectivity index (χ1n) is 17.9. The molecule has 2 heteroatoms. The minimum absolute atomic E-state index is 0.125. The van der Waals surface area contributed by atoms with Gasteiger partial charge >= 0.3 is 0 Å². The molecule has 0 aliphatic rings. The SMILES string of the molecule is [2H]c1c([2H])c([2H])c(-n2c3cc(N(c4ccccc4)c4ccc(-c5cccc6ccccc56)cc4)ccc3c3ccc4ccccc4c32)c([2H])c1[2H]. The Hall–Kier alpha value is -6.12. The average molecular weight is 592 g/mol. The van der Waals surface area contributed by atoms with Crippen molar-refractivity contribution in [3.8, 4) is 16.8 Å². The van der Waals surface area contributed by atoms with Crippen LogP contribution in [0.4, 0.5) is 17.1 Å². The van der Waals surface area contributed by atoms with Crippen LogP contribution in [-0.4, -0.2) is 4.57 Å². The zero-order valence-corrected chi connectivity index (χ0v) is 24.8. The lowest BCUT2D eigenvalue weighted by Crippen LogP contribution is -2.10. The van der Waals surface area contributed by atoms with Gasteiger partial charge in [-0.05, 0) is 75.8 Å². The van der Waals surface area contributed by atoms with Crippen molar-refractivity contribution in [3.05, 3.63) is 182 Å². The quantitative estimate of drug-likeness (QED) is 0.193. The molecule has 0 N–H and O–H groups in total. The van der Waals surface area contributed by atoms with E-state index < -0.39 is 6.04 Å². The van der Waals surface area contributed by atoms with Crippen LogP contribution >= 0.6 is 0 Å². The number of rotatable bonds is 5. The predicted octanol–water partition coefficient (Wildman–Crippen LogP) is 12.2. The number of hydrogen-bond donors (Lipinski definition) is 0. The van der Waals surface area contributed by atoms with E-state index in [4.69, 9.17) is 6.85 Å². The molecule has 216 valence electrons. The zero-order valence-electron chi connectivity index (χ0n) is 29.8. The molecule has 0 radical (unpaired) electrons. The van der Waals surface area contributed by atoms with Gasteiger partial charge in [0.15, 0.2) is 0 Å². The van der Waals surface area contributed by atoms with Gasteiger partial charge in [0.05, 0.1) is 17.9 Å². The van der Waals surface area contributed by atoms with E-state index in [0.717, 1.165) is 55.2 Å². The van der Waals surface area contributed by atoms with E-state index in [0.29, 0.717) is 0 Å². The molecule has 0 atom stereocenters. The van der Waals surface area contributed by atoms with Crippen molar-refractivity contribution >= 4 is 60.4 Å². The van der Waals surface area contributed by atoms with Crippen molar-refractivity contribution in [2.75, 3.05) is 4.90 Å². The van der Waals surface area contributed by atoms with Crippen LogP contribution in [-0.2, 0) is 0 Å². The summed E-state index contributed by atoms with van der Waals surface area (Å²) in [6.45, 7) is 0. The zero-order chi connectivity index (χ0) is 34.8. The Balaban J connectivity index is 1.30. The molecule has 0 aliphatic carbocycles. The Kier molecular flexibility index (Phi) is 5.06. The highest BCUT2D eigenvalue weighted by Gasteiger charge is 2.19. The number of anilines is 3. The summed E-state index contributed by atoms with van der Waals surface area (Å²) < 4.78 is 45.3. The van der Waals surface area contributed by atoms with Gasteiger partial charge in [-0.2, -0.15) is 0 Å². The maximum Gasteiger partial charge on any atom is 0.0645 e. The molecule has 0 aliphatic heterocycles. The van der Waals surface area contributed by atoms with Gasteiger partial charge in [0.1, 0.15) is 0 Å². The second-order valence-corrected chi connectivity index (χ2v) is 11.4. The maximum absolute atomic E-state index is 9.02. The van der Waals surface area contributed by atoms with Gasteiger partial charge in [-0.3, -0.25) is 0 Å². The van der Waals surface area contributed by atoms with Gasteiger partial charge in [-0.25, -0.2) is 0 Å². The summed E-state index contributed by atoms with van der Waals surface area (Å²) in [6, 6.07) is 50.3. The molecule has 0 fully saturated rings. The van der Waals surface area contributed by atoms with Crippen LogP contribution in [0.1, 0.15) is 6.85 Å². The molecule has 8 aromatic carbocycles. The molecular weight excluding hydrogens is 556 g/mol. The molecule has 2 nitrogen and oxygen atoms in total. The van der Waals surface area contributed by atoms with Gasteiger partial charge in [-0.1, -0.05) is 133 Å². The smallest absolute Gasteiger partial charge is 0.0645 e. The molecule has 0 amide bonds. The fourth-order valence-corrected chi connectivity index (χ4v) is 6.78. The normalized spacial score (nSPS) is 13.0. The summed E-state index contributed by atoms with van der Waals surface area (Å²) in [6.07, 6.45) is 0. The molecule has 0 unspecified atom stereocenters. The first kappa shape index (κ1) is 21.6. The Bertz CT molecular complexity index is 2770. The summed E-state index contributed by atoms with van der Waals surface area (Å²) in [5, 5.41) is 6.19. The van der Waals surface area contributed by atoms with E-state index in [2.05, 4.69) is 114 Å². The topological polar surface area (TPSA) is 8.17 Å². The summed E-state index contributed by atoms with van der Waals surface area (Å²) in [7, 11) is 0. The largest absolute Gasteiger partial charge is 0.310 e. The standard InChI is InChI=1S/C44H30N2/c1-3-15-34(16-4-1)45(36-25-22-33(23-26-36)39-21-11-14-31-12-7-9-19-38(31)39)37-27-29-41-42-28-24-32-13-8-10-20-40(32)44(42)46(43(41)30-37)35-17-5-2-6-18-35/h1-30H/i2D,5D,6D,17D,18D. The number of para-hydroxylation sites is 2. The van der Waals surface area contributed by atoms with Crippen LogP contribution in [0.5, 0.6) is 0 Å². The van der Waals surface area contributed by atoms with Crippen molar-refractivity contribution in [3.63, 3.8) is 0 Å². The molecule has 0 saturated heterocycles. The van der Waals surface area contributed by atoms with E-state index in [1.54, 1.807) is 0 Å². The van der Waals surface area contributed by atoms with E-state index in [1.807, 2.05) is 47.0 Å². The first-order chi connectivity index (χ1) is 24.9. The summed E-state index contributed by atoms with van der Waals surface area (Å²) in [5.41, 5.74) is 6.74. The Morgan fingerprint density at radius 1 is 0.457 bits per heavy atom. The van der Waals surface area contributed by atoms with Crippen LogP contribution in [0, 0.1) is 0 Å². The first-order valence-corrected chi connectivity index (χ1v) is 15.4. The van der Waals surface area contributed by atoms with Crippen LogP contribution in [0.2, 0.25) is 0 Å². The maximum atomic E-state index is 9.02. The summed E-state index contributed by atoms with van der Waals surface area (Å²) in [4.78, 5) is 2.19. The van der Waals surface area contributed by atoms with E-state index in [-0.39, 0.29) is 29.9 Å². The minimum Gasteiger partial charge on any atom is -0.310 e. The Morgan fingerprint density at radius 2 is 1.09 bits per heavy atom. The van der Waals surface area contributed by atoms with E-state index >= 15 is 0 Å².